The van der Waals surface area contributed by atoms with Crippen LogP contribution in [-0.2, 0) is 11.2 Å². The standard InChI is InChI=1S/C17H24N2O3/c1-17(10-18)5-6-19(11-17)16(20)13-7-12-8-14(21-2)3-4-15(12)22-9-13/h3-4,8,13H,5-7,9-11,18H2,1-2H3. The van der Waals surface area contributed by atoms with E-state index in [0.29, 0.717) is 19.6 Å². The zero-order valence-corrected chi connectivity index (χ0v) is 13.3. The van der Waals surface area contributed by atoms with Gasteiger partial charge in [-0.3, -0.25) is 4.79 Å². The van der Waals surface area contributed by atoms with Crippen molar-refractivity contribution in [2.45, 2.75) is 19.8 Å². The molecule has 0 spiro atoms. The van der Waals surface area contributed by atoms with Gasteiger partial charge in [-0.05, 0) is 48.6 Å². The summed E-state index contributed by atoms with van der Waals surface area (Å²) in [6.07, 6.45) is 1.69. The summed E-state index contributed by atoms with van der Waals surface area (Å²) in [4.78, 5) is 14.7. The molecule has 5 heteroatoms. The molecule has 2 unspecified atom stereocenters. The molecule has 0 bridgehead atoms. The average molecular weight is 304 g/mol. The molecule has 2 aliphatic heterocycles. The van der Waals surface area contributed by atoms with E-state index in [-0.39, 0.29) is 17.2 Å². The van der Waals surface area contributed by atoms with Crippen LogP contribution in [0.15, 0.2) is 18.2 Å². The van der Waals surface area contributed by atoms with E-state index in [1.165, 1.54) is 0 Å². The second-order valence-corrected chi connectivity index (χ2v) is 6.71. The van der Waals surface area contributed by atoms with Gasteiger partial charge in [0.15, 0.2) is 0 Å². The van der Waals surface area contributed by atoms with Gasteiger partial charge in [-0.25, -0.2) is 0 Å². The first kappa shape index (κ1) is 15.2. The number of hydrogen-bond acceptors (Lipinski definition) is 4. The van der Waals surface area contributed by atoms with Crippen molar-refractivity contribution < 1.29 is 14.3 Å². The monoisotopic (exact) mass is 304 g/mol. The van der Waals surface area contributed by atoms with Crippen LogP contribution in [0.1, 0.15) is 18.9 Å². The lowest BCUT2D eigenvalue weighted by molar-refractivity contribution is -0.136. The van der Waals surface area contributed by atoms with Gasteiger partial charge in [-0.1, -0.05) is 6.92 Å². The van der Waals surface area contributed by atoms with Crippen LogP contribution in [0.2, 0.25) is 0 Å². The first-order valence-electron chi connectivity index (χ1n) is 7.83. The van der Waals surface area contributed by atoms with Crippen molar-refractivity contribution in [3.05, 3.63) is 23.8 Å². The fourth-order valence-electron chi connectivity index (χ4n) is 3.29. The van der Waals surface area contributed by atoms with Crippen LogP contribution < -0.4 is 15.2 Å². The summed E-state index contributed by atoms with van der Waals surface area (Å²) in [5.74, 6) is 1.73. The molecule has 2 aliphatic rings. The van der Waals surface area contributed by atoms with Gasteiger partial charge in [0.25, 0.3) is 0 Å². The van der Waals surface area contributed by atoms with Crippen LogP contribution in [0, 0.1) is 11.3 Å². The number of nitrogens with two attached hydrogens (primary N) is 1. The van der Waals surface area contributed by atoms with E-state index in [4.69, 9.17) is 15.2 Å². The third-order valence-electron chi connectivity index (χ3n) is 4.89. The fraction of sp³-hybridized carbons (Fsp3) is 0.588. The Balaban J connectivity index is 1.70. The van der Waals surface area contributed by atoms with Gasteiger partial charge in [-0.2, -0.15) is 0 Å². The molecule has 2 heterocycles. The number of benzene rings is 1. The summed E-state index contributed by atoms with van der Waals surface area (Å²) < 4.78 is 11.0. The number of carbonyl (C=O) groups excluding carboxylic acids is 1. The molecule has 2 atom stereocenters. The minimum atomic E-state index is -0.111. The van der Waals surface area contributed by atoms with Crippen LogP contribution in [0.25, 0.3) is 0 Å². The molecule has 120 valence electrons. The second kappa shape index (κ2) is 5.80. The quantitative estimate of drug-likeness (QED) is 0.918. The van der Waals surface area contributed by atoms with Crippen molar-refractivity contribution in [2.24, 2.45) is 17.1 Å². The van der Waals surface area contributed by atoms with Crippen LogP contribution in [-0.4, -0.2) is 44.2 Å². The lowest BCUT2D eigenvalue weighted by Crippen LogP contribution is -2.41. The van der Waals surface area contributed by atoms with Crippen molar-refractivity contribution in [3.63, 3.8) is 0 Å². The number of rotatable bonds is 3. The Hall–Kier alpha value is -1.75. The number of likely N-dealkylation sites (tertiary alicyclic amines) is 1. The Labute approximate surface area is 131 Å². The molecule has 1 saturated heterocycles. The molecule has 0 saturated carbocycles. The average Bonchev–Trinajstić information content (AvgIpc) is 2.96. The molecule has 1 fully saturated rings. The van der Waals surface area contributed by atoms with E-state index >= 15 is 0 Å². The van der Waals surface area contributed by atoms with Gasteiger partial charge in [-0.15, -0.1) is 0 Å². The normalized spacial score (nSPS) is 27.2. The van der Waals surface area contributed by atoms with Gasteiger partial charge in [0.2, 0.25) is 5.91 Å². The molecule has 2 N–H and O–H groups in total. The highest BCUT2D eigenvalue weighted by Gasteiger charge is 2.38. The number of methoxy groups -OCH3 is 1. The maximum Gasteiger partial charge on any atom is 0.229 e. The zero-order chi connectivity index (χ0) is 15.7. The van der Waals surface area contributed by atoms with E-state index in [2.05, 4.69) is 6.92 Å². The van der Waals surface area contributed by atoms with Crippen LogP contribution >= 0.6 is 0 Å². The van der Waals surface area contributed by atoms with E-state index in [0.717, 1.165) is 36.6 Å². The summed E-state index contributed by atoms with van der Waals surface area (Å²) in [7, 11) is 1.64. The smallest absolute Gasteiger partial charge is 0.229 e. The van der Waals surface area contributed by atoms with Crippen LogP contribution in [0.4, 0.5) is 0 Å². The molecule has 5 nitrogen and oxygen atoms in total. The summed E-state index contributed by atoms with van der Waals surface area (Å²) in [5, 5.41) is 0. The number of fused-ring (bicyclic) bond motifs is 1. The predicted octanol–water partition coefficient (Wildman–Crippen LogP) is 1.44. The molecular weight excluding hydrogens is 280 g/mol. The molecule has 0 aromatic heterocycles. The number of amides is 1. The molecule has 1 aromatic carbocycles. The Kier molecular flexibility index (Phi) is 4.00. The Bertz CT molecular complexity index is 575. The number of hydrogen-bond donors (Lipinski definition) is 1. The van der Waals surface area contributed by atoms with Crippen molar-refractivity contribution in [1.82, 2.24) is 4.90 Å². The first-order valence-corrected chi connectivity index (χ1v) is 7.83. The zero-order valence-electron chi connectivity index (χ0n) is 13.3. The highest BCUT2D eigenvalue weighted by atomic mass is 16.5. The van der Waals surface area contributed by atoms with Gasteiger partial charge in [0, 0.05) is 13.1 Å². The number of ether oxygens (including phenoxy) is 2. The summed E-state index contributed by atoms with van der Waals surface area (Å²) in [6.45, 7) is 4.78. The van der Waals surface area contributed by atoms with Gasteiger partial charge < -0.3 is 20.1 Å². The Morgan fingerprint density at radius 2 is 2.36 bits per heavy atom. The van der Waals surface area contributed by atoms with Crippen molar-refractivity contribution in [2.75, 3.05) is 33.4 Å². The van der Waals surface area contributed by atoms with Gasteiger partial charge in [0.1, 0.15) is 18.1 Å². The molecule has 0 aliphatic carbocycles. The molecule has 22 heavy (non-hydrogen) atoms. The summed E-state index contributed by atoms with van der Waals surface area (Å²) in [5.41, 5.74) is 6.94. The van der Waals surface area contributed by atoms with Gasteiger partial charge >= 0.3 is 0 Å². The number of carbonyl (C=O) groups is 1. The summed E-state index contributed by atoms with van der Waals surface area (Å²) in [6, 6.07) is 5.76. The van der Waals surface area contributed by atoms with Crippen LogP contribution in [0.5, 0.6) is 11.5 Å². The highest BCUT2D eigenvalue weighted by molar-refractivity contribution is 5.80. The van der Waals surface area contributed by atoms with Crippen molar-refractivity contribution in [3.8, 4) is 11.5 Å². The molecular formula is C17H24N2O3. The lowest BCUT2D eigenvalue weighted by atomic mass is 9.90. The molecule has 0 radical (unpaired) electrons. The Morgan fingerprint density at radius 1 is 1.55 bits per heavy atom. The number of nitrogens with zero attached hydrogens (tertiary/aromatic N) is 1. The first-order chi connectivity index (χ1) is 10.5. The largest absolute Gasteiger partial charge is 0.497 e. The fourth-order valence-corrected chi connectivity index (χ4v) is 3.29. The summed E-state index contributed by atoms with van der Waals surface area (Å²) >= 11 is 0. The molecule has 3 rings (SSSR count). The molecule has 1 aromatic rings. The van der Waals surface area contributed by atoms with E-state index in [9.17, 15) is 4.79 Å². The lowest BCUT2D eigenvalue weighted by Gasteiger charge is -2.29. The maximum atomic E-state index is 12.7. The van der Waals surface area contributed by atoms with E-state index in [1.54, 1.807) is 7.11 Å². The van der Waals surface area contributed by atoms with Gasteiger partial charge in [0.05, 0.1) is 13.0 Å². The minimum absolute atomic E-state index is 0.0618. The van der Waals surface area contributed by atoms with E-state index < -0.39 is 0 Å². The Morgan fingerprint density at radius 3 is 3.05 bits per heavy atom. The molecule has 1 amide bonds. The highest BCUT2D eigenvalue weighted by Crippen LogP contribution is 2.34. The second-order valence-electron chi connectivity index (χ2n) is 6.71. The third kappa shape index (κ3) is 2.77. The predicted molar refractivity (Wildman–Crippen MR) is 84.0 cm³/mol. The van der Waals surface area contributed by atoms with Crippen LogP contribution in [0.3, 0.4) is 0 Å². The topological polar surface area (TPSA) is 64.8 Å². The maximum absolute atomic E-state index is 12.7. The van der Waals surface area contributed by atoms with Crippen molar-refractivity contribution in [1.29, 1.82) is 0 Å². The SMILES string of the molecule is COc1ccc2c(c1)CC(C(=O)N1CCC(C)(CN)C1)CO2. The van der Waals surface area contributed by atoms with Crippen molar-refractivity contribution >= 4 is 5.91 Å². The third-order valence-corrected chi connectivity index (χ3v) is 4.89. The minimum Gasteiger partial charge on any atom is -0.497 e. The van der Waals surface area contributed by atoms with E-state index in [1.807, 2.05) is 23.1 Å².